The average Bonchev–Trinajstić information content (AvgIpc) is 2.86. The maximum atomic E-state index is 15.0. The number of aliphatic hydroxyl groups is 1. The Hall–Kier alpha value is -1.22. The molecule has 0 bridgehead atoms. The number of alkyl halides is 2. The van der Waals surface area contributed by atoms with Gasteiger partial charge < -0.3 is 15.2 Å². The Balaban J connectivity index is 1.76. The first-order chi connectivity index (χ1) is 17.2. The van der Waals surface area contributed by atoms with Crippen LogP contribution in [-0.2, 0) is 10.3 Å². The van der Waals surface area contributed by atoms with Gasteiger partial charge in [-0.1, -0.05) is 12.1 Å². The number of nitrogens with zero attached hydrogens (tertiary/aromatic N) is 1. The summed E-state index contributed by atoms with van der Waals surface area (Å²) < 4.78 is 62.0. The van der Waals surface area contributed by atoms with Crippen molar-refractivity contribution in [2.45, 2.75) is 88.7 Å². The monoisotopic (exact) mass is 516 g/mol. The molecule has 2 fully saturated rings. The molecule has 3 atom stereocenters. The zero-order chi connectivity index (χ0) is 26.2. The van der Waals surface area contributed by atoms with Gasteiger partial charge in [0.2, 0.25) is 5.92 Å². The number of likely N-dealkylation sites (tertiary alicyclic amines) is 1. The molecule has 0 radical (unpaired) electrons. The standard InChI is InChI=1S/C28H44F4N2O2/c1-3-36-17-5-4-13-28(35,24-9-6-10-25(29)26(24)30)22-8-7-16-34(20-22)23(19-33-2)18-21-11-14-27(31,32)15-12-21/h6,9-10,21-23,33,35H,3-5,7-8,11-20H2,1-2H3/t22-,23?,28+/m1/s1. The molecule has 0 spiro atoms. The van der Waals surface area contributed by atoms with Crippen LogP contribution >= 0.6 is 0 Å². The molecule has 0 aromatic heterocycles. The van der Waals surface area contributed by atoms with Crippen LogP contribution in [-0.4, -0.2) is 61.9 Å². The van der Waals surface area contributed by atoms with Gasteiger partial charge in [-0.05, 0) is 83.9 Å². The van der Waals surface area contributed by atoms with Crippen molar-refractivity contribution in [1.29, 1.82) is 0 Å². The fourth-order valence-corrected chi connectivity index (χ4v) is 6.19. The molecule has 1 saturated carbocycles. The minimum absolute atomic E-state index is 0.0328. The molecule has 1 saturated heterocycles. The molecule has 1 aliphatic heterocycles. The van der Waals surface area contributed by atoms with Gasteiger partial charge in [-0.25, -0.2) is 17.6 Å². The molecule has 206 valence electrons. The van der Waals surface area contributed by atoms with E-state index >= 15 is 0 Å². The first-order valence-electron chi connectivity index (χ1n) is 13.7. The lowest BCUT2D eigenvalue weighted by Gasteiger charge is -2.46. The third-order valence-corrected chi connectivity index (χ3v) is 8.25. The van der Waals surface area contributed by atoms with Crippen LogP contribution in [0.3, 0.4) is 0 Å². The van der Waals surface area contributed by atoms with E-state index in [1.807, 2.05) is 14.0 Å². The minimum atomic E-state index is -2.54. The molecule has 8 heteroatoms. The number of hydrogen-bond donors (Lipinski definition) is 2. The summed E-state index contributed by atoms with van der Waals surface area (Å²) in [6.45, 7) is 5.24. The van der Waals surface area contributed by atoms with Crippen molar-refractivity contribution < 1.29 is 27.4 Å². The van der Waals surface area contributed by atoms with E-state index in [4.69, 9.17) is 4.74 Å². The molecule has 2 aliphatic rings. The molecule has 1 aromatic rings. The Labute approximate surface area is 213 Å². The first-order valence-corrected chi connectivity index (χ1v) is 13.7. The average molecular weight is 517 g/mol. The van der Waals surface area contributed by atoms with Crippen LogP contribution in [0.2, 0.25) is 0 Å². The summed E-state index contributed by atoms with van der Waals surface area (Å²) in [6.07, 6.45) is 5.04. The van der Waals surface area contributed by atoms with Crippen LogP contribution in [0.25, 0.3) is 0 Å². The molecule has 2 N–H and O–H groups in total. The van der Waals surface area contributed by atoms with Gasteiger partial charge in [0, 0.05) is 56.7 Å². The molecular weight excluding hydrogens is 472 g/mol. The van der Waals surface area contributed by atoms with Crippen LogP contribution in [0.1, 0.15) is 76.7 Å². The van der Waals surface area contributed by atoms with Gasteiger partial charge in [0.25, 0.3) is 0 Å². The van der Waals surface area contributed by atoms with E-state index in [1.165, 1.54) is 12.1 Å². The number of nitrogens with one attached hydrogen (secondary N) is 1. The van der Waals surface area contributed by atoms with Crippen LogP contribution < -0.4 is 5.32 Å². The minimum Gasteiger partial charge on any atom is -0.385 e. The van der Waals surface area contributed by atoms with E-state index in [0.29, 0.717) is 45.4 Å². The Morgan fingerprint density at radius 3 is 2.64 bits per heavy atom. The molecule has 4 nitrogen and oxygen atoms in total. The van der Waals surface area contributed by atoms with Gasteiger partial charge in [0.05, 0.1) is 5.60 Å². The number of rotatable bonds is 13. The third-order valence-electron chi connectivity index (χ3n) is 8.25. The van der Waals surface area contributed by atoms with Crippen molar-refractivity contribution >= 4 is 0 Å². The van der Waals surface area contributed by atoms with E-state index < -0.39 is 23.2 Å². The lowest BCUT2D eigenvalue weighted by atomic mass is 9.73. The van der Waals surface area contributed by atoms with Crippen LogP contribution in [0.4, 0.5) is 17.6 Å². The Morgan fingerprint density at radius 1 is 1.19 bits per heavy atom. The van der Waals surface area contributed by atoms with Crippen LogP contribution in [0.15, 0.2) is 18.2 Å². The summed E-state index contributed by atoms with van der Waals surface area (Å²) in [4.78, 5) is 2.33. The van der Waals surface area contributed by atoms with E-state index in [9.17, 15) is 22.7 Å². The topological polar surface area (TPSA) is 44.7 Å². The zero-order valence-electron chi connectivity index (χ0n) is 21.9. The molecule has 1 heterocycles. The quantitative estimate of drug-likeness (QED) is 0.254. The van der Waals surface area contributed by atoms with E-state index in [2.05, 4.69) is 10.2 Å². The highest BCUT2D eigenvalue weighted by Crippen LogP contribution is 2.43. The molecular formula is C28H44F4N2O2. The van der Waals surface area contributed by atoms with E-state index in [-0.39, 0.29) is 36.3 Å². The number of likely N-dealkylation sites (N-methyl/N-ethyl adjacent to an activating group) is 1. The molecule has 3 rings (SSSR count). The lowest BCUT2D eigenvalue weighted by Crippen LogP contribution is -2.52. The van der Waals surface area contributed by atoms with Crippen molar-refractivity contribution in [2.24, 2.45) is 11.8 Å². The number of ether oxygens (including phenoxy) is 1. The second-order valence-electron chi connectivity index (χ2n) is 10.8. The SMILES string of the molecule is CCOCCCC[C@@](O)(c1cccc(F)c1F)[C@@H]1CCCN(C(CNC)CC2CCC(F)(F)CC2)C1. The fourth-order valence-electron chi connectivity index (χ4n) is 6.19. The molecule has 36 heavy (non-hydrogen) atoms. The lowest BCUT2D eigenvalue weighted by molar-refractivity contribution is -0.0744. The highest BCUT2D eigenvalue weighted by Gasteiger charge is 2.44. The second kappa shape index (κ2) is 13.5. The van der Waals surface area contributed by atoms with Crippen LogP contribution in [0, 0.1) is 23.5 Å². The normalized spacial score (nSPS) is 23.9. The van der Waals surface area contributed by atoms with Crippen molar-refractivity contribution in [3.63, 3.8) is 0 Å². The summed E-state index contributed by atoms with van der Waals surface area (Å²) in [5, 5.41) is 15.3. The summed E-state index contributed by atoms with van der Waals surface area (Å²) in [6, 6.07) is 4.20. The van der Waals surface area contributed by atoms with Crippen LogP contribution in [0.5, 0.6) is 0 Å². The smallest absolute Gasteiger partial charge is 0.248 e. The second-order valence-corrected chi connectivity index (χ2v) is 10.8. The predicted octanol–water partition coefficient (Wildman–Crippen LogP) is 5.87. The molecule has 1 unspecified atom stereocenters. The number of hydrogen-bond acceptors (Lipinski definition) is 4. The van der Waals surface area contributed by atoms with Crippen molar-refractivity contribution in [2.75, 3.05) is 39.9 Å². The van der Waals surface area contributed by atoms with Crippen molar-refractivity contribution in [1.82, 2.24) is 10.2 Å². The molecule has 1 aromatic carbocycles. The maximum Gasteiger partial charge on any atom is 0.248 e. The largest absolute Gasteiger partial charge is 0.385 e. The predicted molar refractivity (Wildman–Crippen MR) is 134 cm³/mol. The van der Waals surface area contributed by atoms with Crippen molar-refractivity contribution in [3.8, 4) is 0 Å². The first kappa shape index (κ1) is 29.3. The highest BCUT2D eigenvalue weighted by molar-refractivity contribution is 5.27. The number of piperidine rings is 1. The van der Waals surface area contributed by atoms with E-state index in [0.717, 1.165) is 44.8 Å². The Morgan fingerprint density at radius 2 is 1.94 bits per heavy atom. The van der Waals surface area contributed by atoms with Gasteiger partial charge in [-0.3, -0.25) is 4.90 Å². The number of unbranched alkanes of at least 4 members (excludes halogenated alkanes) is 1. The van der Waals surface area contributed by atoms with Gasteiger partial charge in [-0.2, -0.15) is 0 Å². The van der Waals surface area contributed by atoms with E-state index in [1.54, 1.807) is 0 Å². The Kier molecular flexibility index (Phi) is 11.0. The van der Waals surface area contributed by atoms with Gasteiger partial charge >= 0.3 is 0 Å². The maximum absolute atomic E-state index is 15.0. The third kappa shape index (κ3) is 7.65. The number of benzene rings is 1. The van der Waals surface area contributed by atoms with Crippen molar-refractivity contribution in [3.05, 3.63) is 35.4 Å². The fraction of sp³-hybridized carbons (Fsp3) is 0.786. The zero-order valence-corrected chi connectivity index (χ0v) is 21.9. The summed E-state index contributed by atoms with van der Waals surface area (Å²) in [5.74, 6) is -4.48. The van der Waals surface area contributed by atoms with Gasteiger partial charge in [0.15, 0.2) is 11.6 Å². The summed E-state index contributed by atoms with van der Waals surface area (Å²) >= 11 is 0. The molecule has 0 amide bonds. The van der Waals surface area contributed by atoms with Gasteiger partial charge in [0.1, 0.15) is 0 Å². The highest BCUT2D eigenvalue weighted by atomic mass is 19.3. The summed E-state index contributed by atoms with van der Waals surface area (Å²) in [5.41, 5.74) is -1.46. The number of halogens is 4. The summed E-state index contributed by atoms with van der Waals surface area (Å²) in [7, 11) is 1.89. The van der Waals surface area contributed by atoms with Gasteiger partial charge in [-0.15, -0.1) is 0 Å². The molecule has 1 aliphatic carbocycles. The Bertz CT molecular complexity index is 802.